The van der Waals surface area contributed by atoms with Crippen LogP contribution in [-0.2, 0) is 28.9 Å². The predicted molar refractivity (Wildman–Crippen MR) is 109 cm³/mol. The van der Waals surface area contributed by atoms with E-state index in [-0.39, 0.29) is 12.5 Å². The van der Waals surface area contributed by atoms with Gasteiger partial charge in [-0.25, -0.2) is 0 Å². The van der Waals surface area contributed by atoms with Crippen LogP contribution in [0.4, 0.5) is 0 Å². The number of carbonyl (C=O) groups excluding carboxylic acids is 1. The summed E-state index contributed by atoms with van der Waals surface area (Å²) in [5.41, 5.74) is 4.12. The second kappa shape index (κ2) is 9.03. The fourth-order valence-electron chi connectivity index (χ4n) is 3.58. The van der Waals surface area contributed by atoms with Gasteiger partial charge < -0.3 is 15.2 Å². The Hall–Kier alpha value is -2.96. The van der Waals surface area contributed by atoms with Crippen LogP contribution >= 0.6 is 0 Å². The monoisotopic (exact) mass is 391 g/mol. The molecule has 0 fully saturated rings. The van der Waals surface area contributed by atoms with Gasteiger partial charge in [-0.2, -0.15) is 5.10 Å². The van der Waals surface area contributed by atoms with Crippen LogP contribution in [0.25, 0.3) is 0 Å². The van der Waals surface area contributed by atoms with Crippen LogP contribution in [0, 0.1) is 0 Å². The van der Waals surface area contributed by atoms with Gasteiger partial charge in [0.05, 0.1) is 18.8 Å². The molecule has 1 amide bonds. The molecule has 2 N–H and O–H groups in total. The lowest BCUT2D eigenvalue weighted by Crippen LogP contribution is -2.39. The molecule has 0 aliphatic carbocycles. The Kier molecular flexibility index (Phi) is 6.03. The second-order valence-electron chi connectivity index (χ2n) is 7.28. The van der Waals surface area contributed by atoms with Gasteiger partial charge in [-0.1, -0.05) is 60.7 Å². The van der Waals surface area contributed by atoms with Crippen molar-refractivity contribution in [2.24, 2.45) is 0 Å². The van der Waals surface area contributed by atoms with Gasteiger partial charge in [-0.15, -0.1) is 0 Å². The molecule has 0 saturated carbocycles. The number of carbonyl (C=O) groups is 1. The highest BCUT2D eigenvalue weighted by Gasteiger charge is 2.26. The topological polar surface area (TPSA) is 76.4 Å². The van der Waals surface area contributed by atoms with Gasteiger partial charge >= 0.3 is 0 Å². The third kappa shape index (κ3) is 4.91. The summed E-state index contributed by atoms with van der Waals surface area (Å²) < 4.78 is 7.77. The standard InChI is InChI=1S/C23H25N3O3/c27-20(13-17-7-3-1-4-8-17)23(28)24-14-21-22-19(11-12-29-21)16-26(25-22)15-18-9-5-2-6-10-18/h1-10,16,20-21,27H,11-15H2,(H,24,28)/t20-,21?/m1/s1. The number of nitrogens with one attached hydrogen (secondary N) is 1. The maximum atomic E-state index is 12.3. The Labute approximate surface area is 170 Å². The molecule has 6 nitrogen and oxygen atoms in total. The van der Waals surface area contributed by atoms with Crippen LogP contribution in [-0.4, -0.2) is 40.0 Å². The number of rotatable bonds is 7. The number of aliphatic hydroxyl groups is 1. The molecule has 0 saturated heterocycles. The third-order valence-electron chi connectivity index (χ3n) is 5.09. The Morgan fingerprint density at radius 2 is 1.83 bits per heavy atom. The molecule has 3 aromatic rings. The van der Waals surface area contributed by atoms with Crippen LogP contribution in [0.3, 0.4) is 0 Å². The minimum Gasteiger partial charge on any atom is -0.383 e. The summed E-state index contributed by atoms with van der Waals surface area (Å²) in [7, 11) is 0. The average Bonchev–Trinajstić information content (AvgIpc) is 3.16. The van der Waals surface area contributed by atoms with Crippen molar-refractivity contribution in [3.63, 3.8) is 0 Å². The molecular weight excluding hydrogens is 366 g/mol. The Morgan fingerprint density at radius 1 is 1.14 bits per heavy atom. The highest BCUT2D eigenvalue weighted by atomic mass is 16.5. The smallest absolute Gasteiger partial charge is 0.249 e. The lowest BCUT2D eigenvalue weighted by Gasteiger charge is -2.22. The molecule has 150 valence electrons. The molecule has 1 aliphatic rings. The number of hydrogen-bond acceptors (Lipinski definition) is 4. The van der Waals surface area contributed by atoms with Crippen LogP contribution < -0.4 is 5.32 Å². The first kappa shape index (κ1) is 19.4. The number of benzene rings is 2. The van der Waals surface area contributed by atoms with Gasteiger partial charge in [-0.05, 0) is 23.1 Å². The van der Waals surface area contributed by atoms with Crippen molar-refractivity contribution in [2.75, 3.05) is 13.2 Å². The van der Waals surface area contributed by atoms with E-state index in [0.29, 0.717) is 19.7 Å². The molecule has 6 heteroatoms. The Bertz CT molecular complexity index is 941. The molecule has 1 aromatic heterocycles. The third-order valence-corrected chi connectivity index (χ3v) is 5.09. The quantitative estimate of drug-likeness (QED) is 0.648. The maximum absolute atomic E-state index is 12.3. The van der Waals surface area contributed by atoms with E-state index < -0.39 is 12.0 Å². The van der Waals surface area contributed by atoms with Crippen LogP contribution in [0.2, 0.25) is 0 Å². The zero-order chi connectivity index (χ0) is 20.1. The number of amides is 1. The molecule has 0 bridgehead atoms. The van der Waals surface area contributed by atoms with Crippen molar-refractivity contribution in [2.45, 2.75) is 31.6 Å². The van der Waals surface area contributed by atoms with E-state index in [4.69, 9.17) is 9.84 Å². The summed E-state index contributed by atoms with van der Waals surface area (Å²) in [6.45, 7) is 1.58. The molecule has 0 spiro atoms. The predicted octanol–water partition coefficient (Wildman–Crippen LogP) is 2.26. The van der Waals surface area contributed by atoms with Gasteiger partial charge in [0.2, 0.25) is 5.91 Å². The second-order valence-corrected chi connectivity index (χ2v) is 7.28. The minimum atomic E-state index is -1.09. The van der Waals surface area contributed by atoms with Gasteiger partial charge in [0, 0.05) is 19.2 Å². The average molecular weight is 391 g/mol. The van der Waals surface area contributed by atoms with Gasteiger partial charge in [0.25, 0.3) is 0 Å². The van der Waals surface area contributed by atoms with Crippen molar-refractivity contribution in [1.82, 2.24) is 15.1 Å². The highest BCUT2D eigenvalue weighted by molar-refractivity contribution is 5.80. The summed E-state index contributed by atoms with van der Waals surface area (Å²) in [5, 5.41) is 17.7. The van der Waals surface area contributed by atoms with Crippen LogP contribution in [0.1, 0.15) is 28.5 Å². The summed E-state index contributed by atoms with van der Waals surface area (Å²) in [6, 6.07) is 19.7. The molecule has 4 rings (SSSR count). The molecule has 0 radical (unpaired) electrons. The van der Waals surface area contributed by atoms with E-state index in [9.17, 15) is 9.90 Å². The van der Waals surface area contributed by atoms with E-state index >= 15 is 0 Å². The molecule has 2 heterocycles. The fourth-order valence-corrected chi connectivity index (χ4v) is 3.58. The van der Waals surface area contributed by atoms with Gasteiger partial charge in [-0.3, -0.25) is 9.48 Å². The molecule has 2 atom stereocenters. The number of fused-ring (bicyclic) bond motifs is 1. The van der Waals surface area contributed by atoms with Crippen molar-refractivity contribution < 1.29 is 14.6 Å². The fraction of sp³-hybridized carbons (Fsp3) is 0.304. The molecule has 2 aromatic carbocycles. The molecule has 1 unspecified atom stereocenters. The van der Waals surface area contributed by atoms with Crippen molar-refractivity contribution in [3.8, 4) is 0 Å². The SMILES string of the molecule is O=C(NCC1OCCc2cn(Cc3ccccc3)nc21)[C@H](O)Cc1ccccc1. The lowest BCUT2D eigenvalue weighted by atomic mass is 10.1. The minimum absolute atomic E-state index is 0.287. The van der Waals surface area contributed by atoms with E-state index in [1.54, 1.807) is 0 Å². The lowest BCUT2D eigenvalue weighted by molar-refractivity contribution is -0.130. The first-order chi connectivity index (χ1) is 14.2. The van der Waals surface area contributed by atoms with E-state index in [0.717, 1.165) is 23.2 Å². The van der Waals surface area contributed by atoms with Crippen molar-refractivity contribution >= 4 is 5.91 Å². The molecular formula is C23H25N3O3. The maximum Gasteiger partial charge on any atom is 0.249 e. The normalized spacial score (nSPS) is 16.8. The summed E-state index contributed by atoms with van der Waals surface area (Å²) >= 11 is 0. The van der Waals surface area contributed by atoms with E-state index in [2.05, 4.69) is 23.6 Å². The number of aliphatic hydroxyl groups excluding tert-OH is 1. The van der Waals surface area contributed by atoms with Crippen molar-refractivity contribution in [1.29, 1.82) is 0 Å². The number of ether oxygens (including phenoxy) is 1. The largest absolute Gasteiger partial charge is 0.383 e. The summed E-state index contributed by atoms with van der Waals surface area (Å²) in [4.78, 5) is 12.3. The number of nitrogens with zero attached hydrogens (tertiary/aromatic N) is 2. The van der Waals surface area contributed by atoms with Crippen LogP contribution in [0.5, 0.6) is 0 Å². The molecule has 29 heavy (non-hydrogen) atoms. The van der Waals surface area contributed by atoms with Crippen LogP contribution in [0.15, 0.2) is 66.9 Å². The summed E-state index contributed by atoms with van der Waals surface area (Å²) in [6.07, 6.45) is 1.77. The van der Waals surface area contributed by atoms with E-state index in [1.165, 1.54) is 5.56 Å². The first-order valence-electron chi connectivity index (χ1n) is 9.90. The van der Waals surface area contributed by atoms with E-state index in [1.807, 2.05) is 53.2 Å². The molecule has 1 aliphatic heterocycles. The Morgan fingerprint density at radius 3 is 2.55 bits per heavy atom. The van der Waals surface area contributed by atoms with Gasteiger partial charge in [0.1, 0.15) is 12.2 Å². The zero-order valence-electron chi connectivity index (χ0n) is 16.2. The number of hydrogen-bond donors (Lipinski definition) is 2. The number of aromatic nitrogens is 2. The first-order valence-corrected chi connectivity index (χ1v) is 9.90. The Balaban J connectivity index is 1.36. The van der Waals surface area contributed by atoms with Crippen molar-refractivity contribution in [3.05, 3.63) is 89.2 Å². The highest BCUT2D eigenvalue weighted by Crippen LogP contribution is 2.25. The zero-order valence-corrected chi connectivity index (χ0v) is 16.2. The van der Waals surface area contributed by atoms with Gasteiger partial charge in [0.15, 0.2) is 0 Å². The summed E-state index contributed by atoms with van der Waals surface area (Å²) in [5.74, 6) is -0.395.